The highest BCUT2D eigenvalue weighted by atomic mass is 16.7. The number of ether oxygens (including phenoxy) is 5. The highest BCUT2D eigenvalue weighted by Crippen LogP contribution is 2.14. The van der Waals surface area contributed by atoms with Crippen molar-refractivity contribution < 1.29 is 44.1 Å². The van der Waals surface area contributed by atoms with Gasteiger partial charge in [-0.2, -0.15) is 0 Å². The van der Waals surface area contributed by atoms with Crippen molar-refractivity contribution in [3.05, 3.63) is 0 Å². The van der Waals surface area contributed by atoms with Gasteiger partial charge >= 0.3 is 0 Å². The van der Waals surface area contributed by atoms with Crippen LogP contribution < -0.4 is 0 Å². The van der Waals surface area contributed by atoms with Gasteiger partial charge in [-0.25, -0.2) is 0 Å². The topological polar surface area (TPSA) is 127 Å². The Morgan fingerprint density at radius 2 is 0.638 bits per heavy atom. The molecule has 0 aliphatic heterocycles. The second-order valence-electron chi connectivity index (χ2n) is 13.3. The Morgan fingerprint density at radius 3 is 0.915 bits per heavy atom. The van der Waals surface area contributed by atoms with Gasteiger partial charge in [-0.3, -0.25) is 0 Å². The van der Waals surface area contributed by atoms with Crippen LogP contribution in [-0.4, -0.2) is 98.1 Å². The van der Waals surface area contributed by atoms with E-state index in [-0.39, 0.29) is 39.6 Å². The smallest absolute Gasteiger partial charge is 0.180 e. The first-order chi connectivity index (χ1) is 23.1. The minimum Gasteiger partial charge on any atom is -0.394 e. The summed E-state index contributed by atoms with van der Waals surface area (Å²) in [5, 5.41) is 37.8. The Morgan fingerprint density at radius 1 is 0.362 bits per heavy atom. The first-order valence-electron chi connectivity index (χ1n) is 19.7. The lowest BCUT2D eigenvalue weighted by Crippen LogP contribution is -2.33. The Hall–Kier alpha value is -0.360. The predicted molar refractivity (Wildman–Crippen MR) is 191 cm³/mol. The molecule has 0 heterocycles. The quantitative estimate of drug-likeness (QED) is 0.0379. The summed E-state index contributed by atoms with van der Waals surface area (Å²) in [6.45, 7) is 4.91. The molecule has 284 valence electrons. The Kier molecular flexibility index (Phi) is 38.1. The molecular weight excluding hydrogens is 600 g/mol. The lowest BCUT2D eigenvalue weighted by molar-refractivity contribution is -0.217. The fourth-order valence-corrected chi connectivity index (χ4v) is 5.41. The van der Waals surface area contributed by atoms with Gasteiger partial charge in [0.25, 0.3) is 0 Å². The molecule has 0 fully saturated rings. The van der Waals surface area contributed by atoms with Crippen molar-refractivity contribution in [1.82, 2.24) is 0 Å². The molecule has 0 saturated carbocycles. The van der Waals surface area contributed by atoms with Crippen molar-refractivity contribution in [3.8, 4) is 0 Å². The summed E-state index contributed by atoms with van der Waals surface area (Å²) in [6.07, 6.45) is 27.1. The molecule has 0 aliphatic carbocycles. The van der Waals surface area contributed by atoms with Crippen LogP contribution in [0.25, 0.3) is 0 Å². The minimum absolute atomic E-state index is 0.0545. The molecule has 0 radical (unpaired) electrons. The van der Waals surface area contributed by atoms with Crippen LogP contribution in [-0.2, 0) is 23.7 Å². The first kappa shape index (κ1) is 46.6. The van der Waals surface area contributed by atoms with Crippen molar-refractivity contribution in [2.75, 3.05) is 52.9 Å². The molecule has 9 heteroatoms. The molecule has 0 spiro atoms. The Labute approximate surface area is 289 Å². The zero-order chi connectivity index (χ0) is 34.5. The maximum atomic E-state index is 9.74. The van der Waals surface area contributed by atoms with Gasteiger partial charge in [0.15, 0.2) is 12.6 Å². The van der Waals surface area contributed by atoms with Crippen molar-refractivity contribution in [1.29, 1.82) is 0 Å². The van der Waals surface area contributed by atoms with E-state index in [1.165, 1.54) is 128 Å². The Balaban J connectivity index is 4.26. The summed E-state index contributed by atoms with van der Waals surface area (Å²) >= 11 is 0. The molecular formula is C38H78O9. The van der Waals surface area contributed by atoms with Gasteiger partial charge in [-0.15, -0.1) is 0 Å². The highest BCUT2D eigenvalue weighted by Gasteiger charge is 2.17. The van der Waals surface area contributed by atoms with Crippen molar-refractivity contribution in [2.45, 2.75) is 193 Å². The summed E-state index contributed by atoms with van der Waals surface area (Å²) in [5.74, 6) is 0. The van der Waals surface area contributed by atoms with Crippen molar-refractivity contribution >= 4 is 0 Å². The molecule has 0 aromatic carbocycles. The van der Waals surface area contributed by atoms with E-state index in [0.717, 1.165) is 25.7 Å². The highest BCUT2D eigenvalue weighted by molar-refractivity contribution is 4.56. The van der Waals surface area contributed by atoms with Crippen molar-refractivity contribution in [3.63, 3.8) is 0 Å². The number of aliphatic hydroxyl groups is 4. The van der Waals surface area contributed by atoms with Crippen LogP contribution in [0, 0.1) is 0 Å². The van der Waals surface area contributed by atoms with Gasteiger partial charge in [-0.05, 0) is 12.8 Å². The van der Waals surface area contributed by atoms with Gasteiger partial charge < -0.3 is 44.1 Å². The van der Waals surface area contributed by atoms with Crippen LogP contribution in [0.1, 0.15) is 168 Å². The third-order valence-corrected chi connectivity index (χ3v) is 8.48. The molecule has 0 bridgehead atoms. The second-order valence-corrected chi connectivity index (χ2v) is 13.3. The average molecular weight is 679 g/mol. The summed E-state index contributed by atoms with van der Waals surface area (Å²) in [7, 11) is 0. The molecule has 4 N–H and O–H groups in total. The summed E-state index contributed by atoms with van der Waals surface area (Å²) in [5.41, 5.74) is 0. The van der Waals surface area contributed by atoms with E-state index in [2.05, 4.69) is 13.8 Å². The third-order valence-electron chi connectivity index (χ3n) is 8.48. The van der Waals surface area contributed by atoms with Crippen LogP contribution in [0.15, 0.2) is 0 Å². The number of rotatable bonds is 40. The molecule has 9 nitrogen and oxygen atoms in total. The van der Waals surface area contributed by atoms with Crippen LogP contribution in [0.2, 0.25) is 0 Å². The largest absolute Gasteiger partial charge is 0.394 e. The van der Waals surface area contributed by atoms with E-state index in [0.29, 0.717) is 13.2 Å². The lowest BCUT2D eigenvalue weighted by atomic mass is 10.1. The molecule has 0 rings (SSSR count). The van der Waals surface area contributed by atoms with Gasteiger partial charge in [-0.1, -0.05) is 155 Å². The molecule has 47 heavy (non-hydrogen) atoms. The van der Waals surface area contributed by atoms with Crippen molar-refractivity contribution in [2.24, 2.45) is 0 Å². The van der Waals surface area contributed by atoms with Gasteiger partial charge in [0.1, 0.15) is 12.2 Å². The molecule has 0 aromatic heterocycles. The van der Waals surface area contributed by atoms with Gasteiger partial charge in [0.05, 0.1) is 39.6 Å². The standard InChI is InChI=1S/C38H78O9/c1-3-5-7-9-11-13-15-17-19-21-23-25-27-44-37(46-31-35(41)29-39)33-43-34-38(47-32-36(42)30-40)45-28-26-24-22-20-18-16-14-12-10-8-6-4-2/h35-42H,3-34H2,1-2H3. The fourth-order valence-electron chi connectivity index (χ4n) is 5.41. The zero-order valence-corrected chi connectivity index (χ0v) is 30.8. The van der Waals surface area contributed by atoms with Gasteiger partial charge in [0, 0.05) is 13.2 Å². The van der Waals surface area contributed by atoms with E-state index in [9.17, 15) is 10.2 Å². The van der Waals surface area contributed by atoms with E-state index >= 15 is 0 Å². The van der Waals surface area contributed by atoms with E-state index < -0.39 is 24.8 Å². The molecule has 4 atom stereocenters. The fraction of sp³-hybridized carbons (Fsp3) is 1.00. The summed E-state index contributed by atoms with van der Waals surface area (Å²) in [4.78, 5) is 0. The molecule has 4 unspecified atom stereocenters. The van der Waals surface area contributed by atoms with Crippen LogP contribution in [0.5, 0.6) is 0 Å². The van der Waals surface area contributed by atoms with Crippen LogP contribution in [0.4, 0.5) is 0 Å². The summed E-state index contributed by atoms with van der Waals surface area (Å²) in [6, 6.07) is 0. The number of unbranched alkanes of at least 4 members (excludes halogenated alkanes) is 22. The predicted octanol–water partition coefficient (Wildman–Crippen LogP) is 7.83. The van der Waals surface area contributed by atoms with Crippen LogP contribution >= 0.6 is 0 Å². The SMILES string of the molecule is CCCCCCCCCCCCCCOC(COCC(OCCCCCCCCCCCCCC)OCC(O)CO)OCC(O)CO. The van der Waals surface area contributed by atoms with E-state index in [1.54, 1.807) is 0 Å². The molecule has 0 saturated heterocycles. The summed E-state index contributed by atoms with van der Waals surface area (Å²) < 4.78 is 29.0. The molecule has 0 aromatic rings. The maximum absolute atomic E-state index is 9.74. The lowest BCUT2D eigenvalue weighted by Gasteiger charge is -2.23. The first-order valence-corrected chi connectivity index (χ1v) is 19.7. The monoisotopic (exact) mass is 679 g/mol. The average Bonchev–Trinajstić information content (AvgIpc) is 3.08. The van der Waals surface area contributed by atoms with Crippen LogP contribution in [0.3, 0.4) is 0 Å². The minimum atomic E-state index is -0.984. The number of hydrogen-bond acceptors (Lipinski definition) is 9. The zero-order valence-electron chi connectivity index (χ0n) is 30.8. The molecule has 0 aliphatic rings. The van der Waals surface area contributed by atoms with Gasteiger partial charge in [0.2, 0.25) is 0 Å². The number of hydrogen-bond donors (Lipinski definition) is 4. The normalized spacial score (nSPS) is 14.4. The van der Waals surface area contributed by atoms with E-state index in [1.807, 2.05) is 0 Å². The maximum Gasteiger partial charge on any atom is 0.180 e. The second kappa shape index (κ2) is 38.4. The number of aliphatic hydroxyl groups excluding tert-OH is 4. The Bertz CT molecular complexity index is 535. The third kappa shape index (κ3) is 35.3. The molecule has 0 amide bonds. The van der Waals surface area contributed by atoms with E-state index in [4.69, 9.17) is 33.9 Å².